The molecule has 2 fully saturated rings. The standard InChI is InChI=1S/C20H25N3O2S2/c1-14-21-19(23-25-14)20(10-4-2-3-5-11-20)22-17(24)15-6-8-16(9-7-15)18-26-12-13-27-18/h6-9,18H,2-5,10-13H2,1H3,(H,22,24). The average Bonchev–Trinajstić information content (AvgIpc) is 3.31. The van der Waals surface area contributed by atoms with Gasteiger partial charge in [-0.15, -0.1) is 23.5 Å². The summed E-state index contributed by atoms with van der Waals surface area (Å²) in [7, 11) is 0. The van der Waals surface area contributed by atoms with Crippen molar-refractivity contribution >= 4 is 29.4 Å². The Morgan fingerprint density at radius 3 is 2.37 bits per heavy atom. The van der Waals surface area contributed by atoms with Crippen LogP contribution in [0.25, 0.3) is 0 Å². The van der Waals surface area contributed by atoms with Crippen molar-refractivity contribution in [2.24, 2.45) is 0 Å². The molecule has 0 radical (unpaired) electrons. The summed E-state index contributed by atoms with van der Waals surface area (Å²) in [6.07, 6.45) is 6.18. The quantitative estimate of drug-likeness (QED) is 0.737. The first-order valence-electron chi connectivity index (χ1n) is 9.63. The second kappa shape index (κ2) is 8.27. The Bertz CT molecular complexity index is 777. The minimum absolute atomic E-state index is 0.0577. The molecule has 27 heavy (non-hydrogen) atoms. The summed E-state index contributed by atoms with van der Waals surface area (Å²) in [5.41, 5.74) is 1.45. The van der Waals surface area contributed by atoms with E-state index in [1.807, 2.05) is 35.7 Å². The summed E-state index contributed by atoms with van der Waals surface area (Å²) >= 11 is 3.95. The molecule has 5 nitrogen and oxygen atoms in total. The predicted octanol–water partition coefficient (Wildman–Crippen LogP) is 4.84. The molecular formula is C20H25N3O2S2. The minimum Gasteiger partial charge on any atom is -0.340 e. The highest BCUT2D eigenvalue weighted by Gasteiger charge is 2.39. The largest absolute Gasteiger partial charge is 0.340 e. The van der Waals surface area contributed by atoms with Gasteiger partial charge in [0.25, 0.3) is 5.91 Å². The SMILES string of the molecule is Cc1nc(C2(NC(=O)c3ccc(C4SCCS4)cc3)CCCCCC2)no1. The van der Waals surface area contributed by atoms with Gasteiger partial charge in [0.15, 0.2) is 5.82 Å². The van der Waals surface area contributed by atoms with E-state index >= 15 is 0 Å². The highest BCUT2D eigenvalue weighted by atomic mass is 32.2. The zero-order valence-corrected chi connectivity index (χ0v) is 17.2. The second-order valence-corrected chi connectivity index (χ2v) is 10.0. The summed E-state index contributed by atoms with van der Waals surface area (Å²) in [5.74, 6) is 3.50. The lowest BCUT2D eigenvalue weighted by Gasteiger charge is -2.30. The molecule has 1 amide bonds. The Balaban J connectivity index is 1.54. The topological polar surface area (TPSA) is 68.0 Å². The molecule has 1 saturated carbocycles. The Hall–Kier alpha value is -1.47. The molecule has 1 aromatic heterocycles. The van der Waals surface area contributed by atoms with Gasteiger partial charge in [-0.25, -0.2) is 0 Å². The number of aryl methyl sites for hydroxylation is 1. The van der Waals surface area contributed by atoms with Gasteiger partial charge < -0.3 is 9.84 Å². The first-order valence-corrected chi connectivity index (χ1v) is 11.7. The summed E-state index contributed by atoms with van der Waals surface area (Å²) in [6, 6.07) is 8.05. The summed E-state index contributed by atoms with van der Waals surface area (Å²) in [4.78, 5) is 17.5. The molecule has 0 unspecified atom stereocenters. The highest BCUT2D eigenvalue weighted by Crippen LogP contribution is 2.45. The maximum atomic E-state index is 13.0. The summed E-state index contributed by atoms with van der Waals surface area (Å²) in [6.45, 7) is 1.79. The van der Waals surface area contributed by atoms with Gasteiger partial charge >= 0.3 is 0 Å². The molecule has 4 rings (SSSR count). The van der Waals surface area contributed by atoms with Crippen LogP contribution >= 0.6 is 23.5 Å². The van der Waals surface area contributed by atoms with Crippen LogP contribution in [0.2, 0.25) is 0 Å². The first kappa shape index (κ1) is 18.9. The maximum absolute atomic E-state index is 13.0. The van der Waals surface area contributed by atoms with Gasteiger partial charge in [-0.2, -0.15) is 4.98 Å². The molecule has 1 N–H and O–H groups in total. The Kier molecular flexibility index (Phi) is 5.78. The molecule has 2 aliphatic rings. The number of nitrogens with one attached hydrogen (secondary N) is 1. The van der Waals surface area contributed by atoms with Gasteiger partial charge in [-0.1, -0.05) is 43.0 Å². The number of hydrogen-bond donors (Lipinski definition) is 1. The number of aromatic nitrogens is 2. The van der Waals surface area contributed by atoms with Gasteiger partial charge in [0.05, 0.1) is 4.58 Å². The van der Waals surface area contributed by atoms with E-state index in [4.69, 9.17) is 4.52 Å². The lowest BCUT2D eigenvalue weighted by molar-refractivity contribution is 0.0876. The second-order valence-electron chi connectivity index (χ2n) is 7.28. The number of benzene rings is 1. The van der Waals surface area contributed by atoms with Crippen LogP contribution in [0.5, 0.6) is 0 Å². The van der Waals surface area contributed by atoms with Crippen molar-refractivity contribution < 1.29 is 9.32 Å². The molecule has 1 saturated heterocycles. The van der Waals surface area contributed by atoms with Gasteiger partial charge in [0, 0.05) is 24.0 Å². The Morgan fingerprint density at radius 2 is 1.78 bits per heavy atom. The predicted molar refractivity (Wildman–Crippen MR) is 110 cm³/mol. The van der Waals surface area contributed by atoms with Crippen LogP contribution in [0, 0.1) is 6.92 Å². The fraction of sp³-hybridized carbons (Fsp3) is 0.550. The third-order valence-corrected chi connectivity index (χ3v) is 8.44. The van der Waals surface area contributed by atoms with Crippen molar-refractivity contribution in [2.45, 2.75) is 55.6 Å². The molecule has 1 aromatic carbocycles. The van der Waals surface area contributed by atoms with Crippen LogP contribution in [0.1, 0.15) is 70.7 Å². The third-order valence-electron chi connectivity index (χ3n) is 5.33. The normalized spacial score (nSPS) is 20.3. The van der Waals surface area contributed by atoms with Gasteiger partial charge in [-0.3, -0.25) is 4.79 Å². The third kappa shape index (κ3) is 4.19. The van der Waals surface area contributed by atoms with Gasteiger partial charge in [-0.05, 0) is 30.5 Å². The first-order chi connectivity index (χ1) is 13.2. The number of carbonyl (C=O) groups is 1. The number of thioether (sulfide) groups is 2. The lowest BCUT2D eigenvalue weighted by atomic mass is 9.88. The van der Waals surface area contributed by atoms with Crippen molar-refractivity contribution in [3.05, 3.63) is 47.1 Å². The number of rotatable bonds is 4. The Labute approximate surface area is 168 Å². The van der Waals surface area contributed by atoms with Crippen molar-refractivity contribution in [1.82, 2.24) is 15.5 Å². The Morgan fingerprint density at radius 1 is 1.11 bits per heavy atom. The van der Waals surface area contributed by atoms with Gasteiger partial charge in [0.1, 0.15) is 5.54 Å². The fourth-order valence-electron chi connectivity index (χ4n) is 3.86. The van der Waals surface area contributed by atoms with Crippen molar-refractivity contribution in [1.29, 1.82) is 0 Å². The number of carbonyl (C=O) groups excluding carboxylic acids is 1. The van der Waals surface area contributed by atoms with E-state index < -0.39 is 5.54 Å². The summed E-state index contributed by atoms with van der Waals surface area (Å²) < 4.78 is 5.72. The molecule has 2 aromatic rings. The van der Waals surface area contributed by atoms with Crippen LogP contribution in [-0.2, 0) is 5.54 Å². The van der Waals surface area contributed by atoms with E-state index in [2.05, 4.69) is 27.6 Å². The molecular weight excluding hydrogens is 378 g/mol. The molecule has 1 aliphatic heterocycles. The molecule has 0 bridgehead atoms. The van der Waals surface area contributed by atoms with E-state index in [9.17, 15) is 4.79 Å². The van der Waals surface area contributed by atoms with Crippen molar-refractivity contribution in [2.75, 3.05) is 11.5 Å². The van der Waals surface area contributed by atoms with Crippen LogP contribution in [-0.4, -0.2) is 27.6 Å². The lowest BCUT2D eigenvalue weighted by Crippen LogP contribution is -2.46. The monoisotopic (exact) mass is 403 g/mol. The van der Waals surface area contributed by atoms with E-state index in [1.54, 1.807) is 6.92 Å². The van der Waals surface area contributed by atoms with Crippen LogP contribution in [0.3, 0.4) is 0 Å². The van der Waals surface area contributed by atoms with E-state index in [0.717, 1.165) is 25.7 Å². The summed E-state index contributed by atoms with van der Waals surface area (Å²) in [5, 5.41) is 7.43. The van der Waals surface area contributed by atoms with E-state index in [0.29, 0.717) is 21.9 Å². The number of nitrogens with zero attached hydrogens (tertiary/aromatic N) is 2. The zero-order valence-electron chi connectivity index (χ0n) is 15.6. The molecule has 0 spiro atoms. The smallest absolute Gasteiger partial charge is 0.252 e. The highest BCUT2D eigenvalue weighted by molar-refractivity contribution is 8.19. The molecule has 0 atom stereocenters. The maximum Gasteiger partial charge on any atom is 0.252 e. The van der Waals surface area contributed by atoms with E-state index in [-0.39, 0.29) is 5.91 Å². The van der Waals surface area contributed by atoms with Crippen molar-refractivity contribution in [3.63, 3.8) is 0 Å². The molecule has 7 heteroatoms. The zero-order chi connectivity index (χ0) is 18.7. The fourth-order valence-corrected chi connectivity index (χ4v) is 6.72. The van der Waals surface area contributed by atoms with Crippen LogP contribution < -0.4 is 5.32 Å². The molecule has 144 valence electrons. The van der Waals surface area contributed by atoms with Crippen LogP contribution in [0.15, 0.2) is 28.8 Å². The molecule has 2 heterocycles. The molecule has 1 aliphatic carbocycles. The van der Waals surface area contributed by atoms with Gasteiger partial charge in [0.2, 0.25) is 5.89 Å². The number of hydrogen-bond acceptors (Lipinski definition) is 6. The number of amides is 1. The van der Waals surface area contributed by atoms with Crippen LogP contribution in [0.4, 0.5) is 0 Å². The van der Waals surface area contributed by atoms with Crippen molar-refractivity contribution in [3.8, 4) is 0 Å². The minimum atomic E-state index is -0.527. The van der Waals surface area contributed by atoms with E-state index in [1.165, 1.54) is 29.9 Å². The average molecular weight is 404 g/mol.